The van der Waals surface area contributed by atoms with Gasteiger partial charge in [-0.25, -0.2) is 12.8 Å². The van der Waals surface area contributed by atoms with Crippen molar-refractivity contribution in [2.75, 3.05) is 4.72 Å². The lowest BCUT2D eigenvalue weighted by Crippen LogP contribution is -2.44. The van der Waals surface area contributed by atoms with Crippen molar-refractivity contribution in [3.05, 3.63) is 59.9 Å². The molecule has 0 atom stereocenters. The van der Waals surface area contributed by atoms with E-state index >= 15 is 0 Å². The summed E-state index contributed by atoms with van der Waals surface area (Å²) in [4.78, 5) is 24.1. The Balaban J connectivity index is 1.60. The van der Waals surface area contributed by atoms with Crippen molar-refractivity contribution in [3.63, 3.8) is 0 Å². The molecule has 0 saturated heterocycles. The number of halogens is 1. The number of rotatable bonds is 5. The molecule has 1 saturated carbocycles. The highest BCUT2D eigenvalue weighted by Gasteiger charge is 2.22. The molecule has 0 aliphatic heterocycles. The second kappa shape index (κ2) is 9.04. The zero-order valence-corrected chi connectivity index (χ0v) is 16.5. The van der Waals surface area contributed by atoms with Crippen molar-refractivity contribution in [1.29, 1.82) is 0 Å². The normalized spacial score (nSPS) is 14.8. The van der Waals surface area contributed by atoms with E-state index in [1.165, 1.54) is 42.5 Å². The van der Waals surface area contributed by atoms with Crippen LogP contribution in [-0.2, 0) is 14.8 Å². The van der Waals surface area contributed by atoms with Gasteiger partial charge in [0.15, 0.2) is 0 Å². The first-order valence-corrected chi connectivity index (χ1v) is 10.8. The molecule has 154 valence electrons. The van der Waals surface area contributed by atoms with Gasteiger partial charge in [0.05, 0.1) is 10.6 Å². The van der Waals surface area contributed by atoms with Gasteiger partial charge in [0.1, 0.15) is 5.82 Å². The molecule has 3 N–H and O–H groups in total. The number of carbonyl (C=O) groups excluding carboxylic acids is 2. The molecular formula is C20H22FN3O4S. The summed E-state index contributed by atoms with van der Waals surface area (Å²) < 4.78 is 40.6. The molecule has 0 spiro atoms. The van der Waals surface area contributed by atoms with Crippen LogP contribution in [0.2, 0.25) is 0 Å². The Hall–Kier alpha value is -2.94. The molecule has 9 heteroatoms. The second-order valence-electron chi connectivity index (χ2n) is 6.89. The lowest BCUT2D eigenvalue weighted by molar-refractivity contribution is -0.126. The predicted octanol–water partition coefficient (Wildman–Crippen LogP) is 2.97. The number of hydrogen-bond donors (Lipinski definition) is 3. The number of sulfonamides is 1. The first-order chi connectivity index (χ1) is 13.9. The van der Waals surface area contributed by atoms with Crippen molar-refractivity contribution >= 4 is 27.5 Å². The smallest absolute Gasteiger partial charge is 0.269 e. The van der Waals surface area contributed by atoms with Crippen LogP contribution in [0.1, 0.15) is 42.5 Å². The minimum absolute atomic E-state index is 0.0963. The van der Waals surface area contributed by atoms with E-state index in [9.17, 15) is 22.4 Å². The summed E-state index contributed by atoms with van der Waals surface area (Å²) in [5.41, 5.74) is 4.78. The summed E-state index contributed by atoms with van der Waals surface area (Å²) in [5.74, 6) is -1.56. The van der Waals surface area contributed by atoms with E-state index < -0.39 is 21.7 Å². The maximum Gasteiger partial charge on any atom is 0.269 e. The van der Waals surface area contributed by atoms with Gasteiger partial charge in [0, 0.05) is 11.5 Å². The molecule has 1 aliphatic rings. The molecule has 1 aliphatic carbocycles. The van der Waals surface area contributed by atoms with E-state index in [1.807, 2.05) is 0 Å². The fourth-order valence-electron chi connectivity index (χ4n) is 3.19. The van der Waals surface area contributed by atoms with Gasteiger partial charge in [-0.2, -0.15) is 0 Å². The third-order valence-corrected chi connectivity index (χ3v) is 6.20. The Morgan fingerprint density at radius 3 is 2.21 bits per heavy atom. The third-order valence-electron chi connectivity index (χ3n) is 4.82. The van der Waals surface area contributed by atoms with Crippen LogP contribution in [0.4, 0.5) is 10.1 Å². The number of para-hydroxylation sites is 1. The van der Waals surface area contributed by atoms with Gasteiger partial charge in [-0.15, -0.1) is 0 Å². The lowest BCUT2D eigenvalue weighted by atomic mass is 9.89. The molecule has 7 nitrogen and oxygen atoms in total. The molecule has 2 amide bonds. The molecule has 0 heterocycles. The number of carbonyl (C=O) groups is 2. The Morgan fingerprint density at radius 1 is 0.897 bits per heavy atom. The number of hydrazine groups is 1. The van der Waals surface area contributed by atoms with Crippen LogP contribution in [0.5, 0.6) is 0 Å². The fourth-order valence-corrected chi connectivity index (χ4v) is 4.26. The average Bonchev–Trinajstić information content (AvgIpc) is 2.74. The topological polar surface area (TPSA) is 104 Å². The van der Waals surface area contributed by atoms with Gasteiger partial charge in [-0.1, -0.05) is 31.4 Å². The summed E-state index contributed by atoms with van der Waals surface area (Å²) in [6.45, 7) is 0. The third kappa shape index (κ3) is 5.32. The van der Waals surface area contributed by atoms with Crippen LogP contribution in [0.3, 0.4) is 0 Å². The lowest BCUT2D eigenvalue weighted by Gasteiger charge is -2.20. The summed E-state index contributed by atoms with van der Waals surface area (Å²) in [6.07, 6.45) is 4.75. The van der Waals surface area contributed by atoms with Crippen LogP contribution in [-0.4, -0.2) is 20.2 Å². The van der Waals surface area contributed by atoms with Crippen LogP contribution in [0.15, 0.2) is 53.4 Å². The Bertz CT molecular complexity index is 987. The van der Waals surface area contributed by atoms with Crippen LogP contribution in [0, 0.1) is 11.7 Å². The van der Waals surface area contributed by atoms with Gasteiger partial charge < -0.3 is 0 Å². The molecule has 29 heavy (non-hydrogen) atoms. The summed E-state index contributed by atoms with van der Waals surface area (Å²) in [6, 6.07) is 10.5. The van der Waals surface area contributed by atoms with Gasteiger partial charge in [0.25, 0.3) is 15.9 Å². The maximum absolute atomic E-state index is 13.7. The van der Waals surface area contributed by atoms with E-state index in [1.54, 1.807) is 0 Å². The van der Waals surface area contributed by atoms with E-state index in [0.717, 1.165) is 38.2 Å². The molecule has 1 fully saturated rings. The van der Waals surface area contributed by atoms with Crippen molar-refractivity contribution in [2.24, 2.45) is 5.92 Å². The zero-order valence-electron chi connectivity index (χ0n) is 15.7. The highest BCUT2D eigenvalue weighted by atomic mass is 32.2. The van der Waals surface area contributed by atoms with E-state index in [2.05, 4.69) is 15.6 Å². The molecule has 0 unspecified atom stereocenters. The standard InChI is InChI=1S/C20H22FN3O4S/c21-17-8-4-5-9-18(17)24-29(27,28)16-12-10-15(11-13-16)20(26)23-22-19(25)14-6-2-1-3-7-14/h4-5,8-14,24H,1-3,6-7H2,(H,22,25)(H,23,26). The van der Waals surface area contributed by atoms with Gasteiger partial charge in [0.2, 0.25) is 5.91 Å². The summed E-state index contributed by atoms with van der Waals surface area (Å²) in [7, 11) is -4.01. The highest BCUT2D eigenvalue weighted by molar-refractivity contribution is 7.92. The number of nitrogens with one attached hydrogen (secondary N) is 3. The van der Waals surface area contributed by atoms with Crippen LogP contribution in [0.25, 0.3) is 0 Å². The van der Waals surface area contributed by atoms with E-state index in [4.69, 9.17) is 0 Å². The van der Waals surface area contributed by atoms with E-state index in [0.29, 0.717) is 0 Å². The largest absolute Gasteiger partial charge is 0.277 e. The molecule has 0 bridgehead atoms. The first-order valence-electron chi connectivity index (χ1n) is 9.34. The molecule has 2 aromatic carbocycles. The Morgan fingerprint density at radius 2 is 1.55 bits per heavy atom. The highest BCUT2D eigenvalue weighted by Crippen LogP contribution is 2.23. The number of anilines is 1. The maximum atomic E-state index is 13.7. The zero-order chi connectivity index (χ0) is 20.9. The second-order valence-corrected chi connectivity index (χ2v) is 8.57. The van der Waals surface area contributed by atoms with Crippen molar-refractivity contribution < 1.29 is 22.4 Å². The number of hydrogen-bond acceptors (Lipinski definition) is 4. The quantitative estimate of drug-likeness (QED) is 0.648. The van der Waals surface area contributed by atoms with E-state index in [-0.39, 0.29) is 28.0 Å². The molecule has 0 aromatic heterocycles. The first kappa shape index (κ1) is 20.8. The summed E-state index contributed by atoms with van der Waals surface area (Å²) >= 11 is 0. The SMILES string of the molecule is O=C(NNC(=O)C1CCCCC1)c1ccc(S(=O)(=O)Nc2ccccc2F)cc1. The number of benzene rings is 2. The minimum atomic E-state index is -4.01. The Labute approximate surface area is 168 Å². The monoisotopic (exact) mass is 419 g/mol. The van der Waals surface area contributed by atoms with Gasteiger partial charge in [-0.3, -0.25) is 25.2 Å². The summed E-state index contributed by atoms with van der Waals surface area (Å²) in [5, 5.41) is 0. The van der Waals surface area contributed by atoms with Crippen molar-refractivity contribution in [1.82, 2.24) is 10.9 Å². The van der Waals surface area contributed by atoms with Gasteiger partial charge in [-0.05, 0) is 49.2 Å². The molecule has 0 radical (unpaired) electrons. The van der Waals surface area contributed by atoms with Gasteiger partial charge >= 0.3 is 0 Å². The van der Waals surface area contributed by atoms with Crippen LogP contribution >= 0.6 is 0 Å². The predicted molar refractivity (Wildman–Crippen MR) is 106 cm³/mol. The molecule has 2 aromatic rings. The fraction of sp³-hybridized carbons (Fsp3) is 0.300. The molecule has 3 rings (SSSR count). The Kier molecular flexibility index (Phi) is 6.48. The molecular weight excluding hydrogens is 397 g/mol. The average molecular weight is 419 g/mol. The van der Waals surface area contributed by atoms with Crippen LogP contribution < -0.4 is 15.6 Å². The minimum Gasteiger partial charge on any atom is -0.277 e. The number of amides is 2. The van der Waals surface area contributed by atoms with Crippen molar-refractivity contribution in [2.45, 2.75) is 37.0 Å². The van der Waals surface area contributed by atoms with Crippen molar-refractivity contribution in [3.8, 4) is 0 Å².